The molecule has 1 aromatic rings. The van der Waals surface area contributed by atoms with Crippen LogP contribution < -0.4 is 10.1 Å². The first-order chi connectivity index (χ1) is 10.2. The minimum Gasteiger partial charge on any atom is -0.496 e. The monoisotopic (exact) mass is 355 g/mol. The van der Waals surface area contributed by atoms with Gasteiger partial charge < -0.3 is 10.1 Å². The first-order valence-corrected chi connectivity index (χ1v) is 9.01. The molecule has 21 heavy (non-hydrogen) atoms. The van der Waals surface area contributed by atoms with Gasteiger partial charge in [-0.1, -0.05) is 49.5 Å². The molecule has 1 atom stereocenters. The van der Waals surface area contributed by atoms with Crippen LogP contribution in [0.4, 0.5) is 0 Å². The van der Waals surface area contributed by atoms with Crippen molar-refractivity contribution in [2.45, 2.75) is 58.9 Å². The Labute approximate surface area is 138 Å². The Bertz CT molecular complexity index is 402. The van der Waals surface area contributed by atoms with Gasteiger partial charge in [0.2, 0.25) is 0 Å². The zero-order chi connectivity index (χ0) is 15.7. The van der Waals surface area contributed by atoms with E-state index < -0.39 is 0 Å². The molecule has 0 saturated heterocycles. The number of hydrogen-bond acceptors (Lipinski definition) is 2. The van der Waals surface area contributed by atoms with E-state index in [1.807, 2.05) is 6.07 Å². The summed E-state index contributed by atoms with van der Waals surface area (Å²) in [6.45, 7) is 7.78. The summed E-state index contributed by atoms with van der Waals surface area (Å²) in [5.74, 6) is 1.73. The van der Waals surface area contributed by atoms with E-state index in [9.17, 15) is 0 Å². The van der Waals surface area contributed by atoms with Gasteiger partial charge in [-0.2, -0.15) is 0 Å². The highest BCUT2D eigenvalue weighted by molar-refractivity contribution is 9.10. The molecular weight excluding hydrogens is 326 g/mol. The molecule has 1 unspecified atom stereocenters. The number of nitrogens with one attached hydrogen (secondary N) is 1. The van der Waals surface area contributed by atoms with Gasteiger partial charge in [0.25, 0.3) is 0 Å². The fourth-order valence-corrected chi connectivity index (χ4v) is 3.51. The largest absolute Gasteiger partial charge is 0.496 e. The van der Waals surface area contributed by atoms with Gasteiger partial charge in [-0.25, -0.2) is 0 Å². The zero-order valence-electron chi connectivity index (χ0n) is 13.9. The van der Waals surface area contributed by atoms with Crippen LogP contribution in [0.2, 0.25) is 0 Å². The number of ether oxygens (including phenoxy) is 1. The van der Waals surface area contributed by atoms with E-state index in [0.29, 0.717) is 6.04 Å². The Hall–Kier alpha value is -0.540. The second-order valence-electron chi connectivity index (χ2n) is 5.66. The van der Waals surface area contributed by atoms with Gasteiger partial charge >= 0.3 is 0 Å². The van der Waals surface area contributed by atoms with Gasteiger partial charge in [0.1, 0.15) is 5.75 Å². The number of hydrogen-bond donors (Lipinski definition) is 1. The van der Waals surface area contributed by atoms with Crippen molar-refractivity contribution >= 4 is 15.9 Å². The van der Waals surface area contributed by atoms with Gasteiger partial charge in [-0.05, 0) is 55.5 Å². The molecule has 0 aliphatic heterocycles. The SMILES string of the molecule is CCCC(CCC)C(Cc1cc(Br)ccc1OC)NCC. The minimum absolute atomic E-state index is 0.526. The number of likely N-dealkylation sites (N-methyl/N-ethyl adjacent to an activating group) is 1. The molecule has 0 spiro atoms. The van der Waals surface area contributed by atoms with Crippen LogP contribution in [0.5, 0.6) is 5.75 Å². The molecular formula is C18H30BrNO. The van der Waals surface area contributed by atoms with E-state index in [2.05, 4.69) is 54.2 Å². The van der Waals surface area contributed by atoms with Crippen molar-refractivity contribution in [3.8, 4) is 5.75 Å². The van der Waals surface area contributed by atoms with Crippen LogP contribution in [0.25, 0.3) is 0 Å². The van der Waals surface area contributed by atoms with Gasteiger partial charge in [0.05, 0.1) is 7.11 Å². The van der Waals surface area contributed by atoms with E-state index in [1.54, 1.807) is 7.11 Å². The van der Waals surface area contributed by atoms with Gasteiger partial charge in [-0.15, -0.1) is 0 Å². The molecule has 0 amide bonds. The summed E-state index contributed by atoms with van der Waals surface area (Å²) in [5.41, 5.74) is 1.29. The highest BCUT2D eigenvalue weighted by atomic mass is 79.9. The molecule has 2 nitrogen and oxygen atoms in total. The number of methoxy groups -OCH3 is 1. The second-order valence-corrected chi connectivity index (χ2v) is 6.58. The topological polar surface area (TPSA) is 21.3 Å². The highest BCUT2D eigenvalue weighted by Crippen LogP contribution is 2.28. The maximum Gasteiger partial charge on any atom is 0.122 e. The Morgan fingerprint density at radius 1 is 1.14 bits per heavy atom. The summed E-state index contributed by atoms with van der Waals surface area (Å²) >= 11 is 3.58. The quantitative estimate of drug-likeness (QED) is 0.623. The van der Waals surface area contributed by atoms with Crippen molar-refractivity contribution in [2.75, 3.05) is 13.7 Å². The number of benzene rings is 1. The molecule has 1 aromatic carbocycles. The predicted molar refractivity (Wildman–Crippen MR) is 95.2 cm³/mol. The Balaban J connectivity index is 2.92. The molecule has 1 N–H and O–H groups in total. The Morgan fingerprint density at radius 2 is 1.81 bits per heavy atom. The molecule has 0 aliphatic carbocycles. The molecule has 0 saturated carbocycles. The maximum absolute atomic E-state index is 5.53. The van der Waals surface area contributed by atoms with Crippen LogP contribution in [0.15, 0.2) is 22.7 Å². The molecule has 0 heterocycles. The Kier molecular flexibility index (Phi) is 9.02. The minimum atomic E-state index is 0.526. The highest BCUT2D eigenvalue weighted by Gasteiger charge is 2.21. The lowest BCUT2D eigenvalue weighted by atomic mass is 9.86. The van der Waals surface area contributed by atoms with Gasteiger partial charge in [0, 0.05) is 10.5 Å². The van der Waals surface area contributed by atoms with Crippen LogP contribution in [-0.4, -0.2) is 19.7 Å². The lowest BCUT2D eigenvalue weighted by molar-refractivity contribution is 0.309. The van der Waals surface area contributed by atoms with Gasteiger partial charge in [-0.3, -0.25) is 0 Å². The lowest BCUT2D eigenvalue weighted by Crippen LogP contribution is -2.38. The maximum atomic E-state index is 5.53. The van der Waals surface area contributed by atoms with Crippen molar-refractivity contribution < 1.29 is 4.74 Å². The number of halogens is 1. The van der Waals surface area contributed by atoms with Crippen molar-refractivity contribution in [3.63, 3.8) is 0 Å². The lowest BCUT2D eigenvalue weighted by Gasteiger charge is -2.28. The van der Waals surface area contributed by atoms with Crippen molar-refractivity contribution in [3.05, 3.63) is 28.2 Å². The van der Waals surface area contributed by atoms with Crippen molar-refractivity contribution in [1.29, 1.82) is 0 Å². The van der Waals surface area contributed by atoms with E-state index >= 15 is 0 Å². The fourth-order valence-electron chi connectivity index (χ4n) is 3.10. The van der Waals surface area contributed by atoms with Crippen LogP contribution in [0.1, 0.15) is 52.0 Å². The second kappa shape index (κ2) is 10.2. The average molecular weight is 356 g/mol. The van der Waals surface area contributed by atoms with E-state index in [0.717, 1.165) is 29.1 Å². The average Bonchev–Trinajstić information content (AvgIpc) is 2.47. The normalized spacial score (nSPS) is 12.7. The van der Waals surface area contributed by atoms with Crippen molar-refractivity contribution in [2.24, 2.45) is 5.92 Å². The summed E-state index contributed by atoms with van der Waals surface area (Å²) in [6, 6.07) is 6.81. The Morgan fingerprint density at radius 3 is 2.33 bits per heavy atom. The smallest absolute Gasteiger partial charge is 0.122 e. The van der Waals surface area contributed by atoms with E-state index in [1.165, 1.54) is 31.2 Å². The third kappa shape index (κ3) is 5.99. The third-order valence-electron chi connectivity index (χ3n) is 4.04. The molecule has 1 rings (SSSR count). The van der Waals surface area contributed by atoms with Crippen LogP contribution >= 0.6 is 15.9 Å². The van der Waals surface area contributed by atoms with Crippen molar-refractivity contribution in [1.82, 2.24) is 5.32 Å². The summed E-state index contributed by atoms with van der Waals surface area (Å²) in [5, 5.41) is 3.70. The number of rotatable bonds is 10. The fraction of sp³-hybridized carbons (Fsp3) is 0.667. The van der Waals surface area contributed by atoms with E-state index in [4.69, 9.17) is 4.74 Å². The molecule has 0 radical (unpaired) electrons. The van der Waals surface area contributed by atoms with Crippen LogP contribution in [-0.2, 0) is 6.42 Å². The molecule has 0 aromatic heterocycles. The van der Waals surface area contributed by atoms with Crippen LogP contribution in [0.3, 0.4) is 0 Å². The zero-order valence-corrected chi connectivity index (χ0v) is 15.5. The first kappa shape index (κ1) is 18.5. The van der Waals surface area contributed by atoms with E-state index in [-0.39, 0.29) is 0 Å². The molecule has 0 bridgehead atoms. The third-order valence-corrected chi connectivity index (χ3v) is 4.53. The molecule has 120 valence electrons. The first-order valence-electron chi connectivity index (χ1n) is 8.21. The van der Waals surface area contributed by atoms with Gasteiger partial charge in [0.15, 0.2) is 0 Å². The summed E-state index contributed by atoms with van der Waals surface area (Å²) in [4.78, 5) is 0. The summed E-state index contributed by atoms with van der Waals surface area (Å²) < 4.78 is 6.65. The predicted octanol–water partition coefficient (Wildman–Crippen LogP) is 5.19. The van der Waals surface area contributed by atoms with Crippen LogP contribution in [0, 0.1) is 5.92 Å². The summed E-state index contributed by atoms with van der Waals surface area (Å²) in [7, 11) is 1.75. The molecule has 0 fully saturated rings. The molecule has 3 heteroatoms. The molecule has 0 aliphatic rings. The standard InChI is InChI=1S/C18H30BrNO/c1-5-8-14(9-6-2)17(20-7-3)13-15-12-16(19)10-11-18(15)21-4/h10-12,14,17,20H,5-9,13H2,1-4H3. The summed E-state index contributed by atoms with van der Waals surface area (Å²) in [6.07, 6.45) is 6.12.